The van der Waals surface area contributed by atoms with Crippen LogP contribution in [0.2, 0.25) is 0 Å². The molecule has 2 aliphatic rings. The summed E-state index contributed by atoms with van der Waals surface area (Å²) in [5.74, 6) is 0.885. The number of nitrogens with zero attached hydrogens (tertiary/aromatic N) is 3. The molecule has 2 heterocycles. The highest BCUT2D eigenvalue weighted by Crippen LogP contribution is 2.24. The van der Waals surface area contributed by atoms with Gasteiger partial charge >= 0.3 is 0 Å². The lowest BCUT2D eigenvalue weighted by Crippen LogP contribution is -2.53. The van der Waals surface area contributed by atoms with Crippen LogP contribution in [0.4, 0.5) is 0 Å². The van der Waals surface area contributed by atoms with Crippen LogP contribution >= 0.6 is 15.9 Å². The smallest absolute Gasteiger partial charge is 0.255 e. The van der Waals surface area contributed by atoms with Crippen molar-refractivity contribution in [1.29, 1.82) is 0 Å². The van der Waals surface area contributed by atoms with E-state index in [1.165, 1.54) is 6.42 Å². The normalized spacial score (nSPS) is 21.2. The molecule has 0 N–H and O–H groups in total. The van der Waals surface area contributed by atoms with Gasteiger partial charge in [0, 0.05) is 43.2 Å². The van der Waals surface area contributed by atoms with Crippen LogP contribution < -0.4 is 4.74 Å². The third kappa shape index (κ3) is 4.82. The van der Waals surface area contributed by atoms with Crippen LogP contribution in [0, 0.1) is 0 Å². The van der Waals surface area contributed by atoms with Gasteiger partial charge in [0.25, 0.3) is 5.91 Å². The Hall–Kier alpha value is -1.60. The third-order valence-corrected chi connectivity index (χ3v) is 6.24. The molecule has 2 saturated heterocycles. The maximum absolute atomic E-state index is 12.9. The predicted molar refractivity (Wildman–Crippen MR) is 108 cm³/mol. The molecule has 2 aliphatic heterocycles. The highest BCUT2D eigenvalue weighted by Gasteiger charge is 2.28. The van der Waals surface area contributed by atoms with Crippen LogP contribution in [0.1, 0.15) is 36.5 Å². The standard InChI is InChI=1S/C20H28BrN3O3/c1-15-5-3-4-8-24(15)19(25)14-22-9-11-23(12-10-22)20(26)17-13-16(27-2)6-7-18(17)21/h6-7,13,15H,3-5,8-12,14H2,1-2H3. The van der Waals surface area contributed by atoms with Crippen molar-refractivity contribution in [2.45, 2.75) is 32.2 Å². The van der Waals surface area contributed by atoms with Gasteiger partial charge in [-0.1, -0.05) is 0 Å². The van der Waals surface area contributed by atoms with Crippen LogP contribution in [0.3, 0.4) is 0 Å². The minimum absolute atomic E-state index is 0.00333. The second-order valence-corrected chi connectivity index (χ2v) is 8.20. The Balaban J connectivity index is 1.54. The van der Waals surface area contributed by atoms with E-state index in [1.807, 2.05) is 21.9 Å². The number of benzene rings is 1. The summed E-state index contributed by atoms with van der Waals surface area (Å²) in [4.78, 5) is 31.5. The Morgan fingerprint density at radius 3 is 2.56 bits per heavy atom. The van der Waals surface area contributed by atoms with Crippen molar-refractivity contribution in [2.24, 2.45) is 0 Å². The summed E-state index contributed by atoms with van der Waals surface area (Å²) in [6.45, 7) is 6.18. The molecule has 0 aliphatic carbocycles. The van der Waals surface area contributed by atoms with Gasteiger partial charge in [-0.3, -0.25) is 14.5 Å². The highest BCUT2D eigenvalue weighted by molar-refractivity contribution is 9.10. The Morgan fingerprint density at radius 1 is 1.15 bits per heavy atom. The van der Waals surface area contributed by atoms with Crippen LogP contribution in [-0.2, 0) is 4.79 Å². The molecule has 7 heteroatoms. The van der Waals surface area contributed by atoms with E-state index in [4.69, 9.17) is 4.74 Å². The number of halogens is 1. The van der Waals surface area contributed by atoms with Crippen LogP contribution in [0.5, 0.6) is 5.75 Å². The molecule has 1 aromatic carbocycles. The zero-order valence-corrected chi connectivity index (χ0v) is 17.7. The number of carbonyl (C=O) groups is 2. The number of carbonyl (C=O) groups excluding carboxylic acids is 2. The molecule has 2 fully saturated rings. The summed E-state index contributed by atoms with van der Waals surface area (Å²) >= 11 is 3.46. The van der Waals surface area contributed by atoms with Gasteiger partial charge in [-0.15, -0.1) is 0 Å². The van der Waals surface area contributed by atoms with Gasteiger partial charge in [0.1, 0.15) is 5.75 Å². The first-order chi connectivity index (χ1) is 13.0. The van der Waals surface area contributed by atoms with E-state index < -0.39 is 0 Å². The van der Waals surface area contributed by atoms with Crippen molar-refractivity contribution in [1.82, 2.24) is 14.7 Å². The number of likely N-dealkylation sites (tertiary alicyclic amines) is 1. The first kappa shape index (κ1) is 20.1. The van der Waals surface area contributed by atoms with Crippen molar-refractivity contribution < 1.29 is 14.3 Å². The second-order valence-electron chi connectivity index (χ2n) is 7.35. The minimum Gasteiger partial charge on any atom is -0.497 e. The average molecular weight is 438 g/mol. The first-order valence-corrected chi connectivity index (χ1v) is 10.4. The molecule has 0 radical (unpaired) electrons. The molecule has 2 amide bonds. The monoisotopic (exact) mass is 437 g/mol. The molecule has 1 atom stereocenters. The lowest BCUT2D eigenvalue weighted by molar-refractivity contribution is -0.136. The Morgan fingerprint density at radius 2 is 1.89 bits per heavy atom. The second kappa shape index (κ2) is 9.06. The molecule has 6 nitrogen and oxygen atoms in total. The van der Waals surface area contributed by atoms with Gasteiger partial charge in [-0.2, -0.15) is 0 Å². The number of rotatable bonds is 4. The Kier molecular flexibility index (Phi) is 6.76. The molecule has 0 aromatic heterocycles. The number of hydrogen-bond acceptors (Lipinski definition) is 4. The fourth-order valence-electron chi connectivity index (χ4n) is 3.83. The summed E-state index contributed by atoms with van der Waals surface area (Å²) in [5, 5.41) is 0. The molecule has 1 unspecified atom stereocenters. The van der Waals surface area contributed by atoms with Gasteiger partial charge in [-0.25, -0.2) is 0 Å². The summed E-state index contributed by atoms with van der Waals surface area (Å²) in [5.41, 5.74) is 0.612. The number of methoxy groups -OCH3 is 1. The summed E-state index contributed by atoms with van der Waals surface area (Å²) in [6.07, 6.45) is 3.42. The molecule has 0 saturated carbocycles. The third-order valence-electron chi connectivity index (χ3n) is 5.55. The zero-order chi connectivity index (χ0) is 19.4. The van der Waals surface area contributed by atoms with E-state index in [-0.39, 0.29) is 11.8 Å². The largest absolute Gasteiger partial charge is 0.497 e. The summed E-state index contributed by atoms with van der Waals surface area (Å²) < 4.78 is 6.00. The summed E-state index contributed by atoms with van der Waals surface area (Å²) in [7, 11) is 1.59. The van der Waals surface area contributed by atoms with Crippen molar-refractivity contribution in [3.8, 4) is 5.75 Å². The van der Waals surface area contributed by atoms with Gasteiger partial charge in [-0.05, 0) is 60.3 Å². The van der Waals surface area contributed by atoms with E-state index in [0.29, 0.717) is 37.0 Å². The molecule has 27 heavy (non-hydrogen) atoms. The topological polar surface area (TPSA) is 53.1 Å². The lowest BCUT2D eigenvalue weighted by atomic mass is 10.0. The predicted octanol–water partition coefficient (Wildman–Crippen LogP) is 2.62. The molecule has 0 bridgehead atoms. The van der Waals surface area contributed by atoms with E-state index in [9.17, 15) is 9.59 Å². The number of piperidine rings is 1. The number of hydrogen-bond donors (Lipinski definition) is 0. The van der Waals surface area contributed by atoms with Crippen molar-refractivity contribution in [2.75, 3.05) is 46.4 Å². The zero-order valence-electron chi connectivity index (χ0n) is 16.1. The van der Waals surface area contributed by atoms with E-state index in [2.05, 4.69) is 27.8 Å². The Labute approximate surface area is 169 Å². The SMILES string of the molecule is COc1ccc(Br)c(C(=O)N2CCN(CC(=O)N3CCCCC3C)CC2)c1. The fraction of sp³-hybridized carbons (Fsp3) is 0.600. The molecule has 3 rings (SSSR count). The van der Waals surface area contributed by atoms with Crippen molar-refractivity contribution >= 4 is 27.7 Å². The van der Waals surface area contributed by atoms with Crippen LogP contribution in [-0.4, -0.2) is 78.9 Å². The maximum atomic E-state index is 12.9. The molecule has 0 spiro atoms. The van der Waals surface area contributed by atoms with E-state index >= 15 is 0 Å². The van der Waals surface area contributed by atoms with Gasteiger partial charge < -0.3 is 14.5 Å². The lowest BCUT2D eigenvalue weighted by Gasteiger charge is -2.38. The number of piperazine rings is 1. The Bertz CT molecular complexity index is 689. The number of ether oxygens (including phenoxy) is 1. The highest BCUT2D eigenvalue weighted by atomic mass is 79.9. The van der Waals surface area contributed by atoms with Gasteiger partial charge in [0.05, 0.1) is 19.2 Å². The van der Waals surface area contributed by atoms with E-state index in [1.54, 1.807) is 13.2 Å². The number of amides is 2. The molecule has 148 valence electrons. The van der Waals surface area contributed by atoms with Crippen LogP contribution in [0.25, 0.3) is 0 Å². The van der Waals surface area contributed by atoms with E-state index in [0.717, 1.165) is 36.9 Å². The first-order valence-electron chi connectivity index (χ1n) is 9.64. The fourth-order valence-corrected chi connectivity index (χ4v) is 4.24. The maximum Gasteiger partial charge on any atom is 0.255 e. The molecular weight excluding hydrogens is 410 g/mol. The molecule has 1 aromatic rings. The van der Waals surface area contributed by atoms with Crippen molar-refractivity contribution in [3.05, 3.63) is 28.2 Å². The summed E-state index contributed by atoms with van der Waals surface area (Å²) in [6, 6.07) is 5.77. The quantitative estimate of drug-likeness (QED) is 0.726. The van der Waals surface area contributed by atoms with Gasteiger partial charge in [0.2, 0.25) is 5.91 Å². The minimum atomic E-state index is -0.00333. The van der Waals surface area contributed by atoms with Gasteiger partial charge in [0.15, 0.2) is 0 Å². The van der Waals surface area contributed by atoms with Crippen LogP contribution in [0.15, 0.2) is 22.7 Å². The van der Waals surface area contributed by atoms with Crippen molar-refractivity contribution in [3.63, 3.8) is 0 Å². The molecular formula is C20H28BrN3O3. The average Bonchev–Trinajstić information content (AvgIpc) is 2.68.